The van der Waals surface area contributed by atoms with Crippen molar-refractivity contribution in [1.82, 2.24) is 4.90 Å². The Bertz CT molecular complexity index is 1150. The van der Waals surface area contributed by atoms with E-state index < -0.39 is 0 Å². The fraction of sp³-hybridized carbons (Fsp3) is 0.531. The molecule has 0 atom stereocenters. The van der Waals surface area contributed by atoms with Gasteiger partial charge < -0.3 is 23.5 Å². The van der Waals surface area contributed by atoms with Crippen molar-refractivity contribution in [3.63, 3.8) is 0 Å². The van der Waals surface area contributed by atoms with Crippen LogP contribution in [0.2, 0.25) is 0 Å². The molecule has 0 aliphatic carbocycles. The van der Waals surface area contributed by atoms with E-state index in [0.29, 0.717) is 34.8 Å². The highest BCUT2D eigenvalue weighted by atomic mass is 16.5. The Morgan fingerprint density at radius 1 is 0.868 bits per heavy atom. The lowest BCUT2D eigenvalue weighted by molar-refractivity contribution is 0.240. The van der Waals surface area contributed by atoms with Crippen molar-refractivity contribution in [1.29, 1.82) is 0 Å². The first-order valence-corrected chi connectivity index (χ1v) is 14.0. The summed E-state index contributed by atoms with van der Waals surface area (Å²) in [5, 5.41) is 0.402. The minimum atomic E-state index is -0.158. The SMILES string of the molecule is CC.CCC.CCCN(CC)CCCOc1c(C)cc(-c2cc(=O)c3c(OC)cc(OC)cc3o2)cc1C. The molecule has 0 aliphatic rings. The Labute approximate surface area is 229 Å². The summed E-state index contributed by atoms with van der Waals surface area (Å²) in [5.41, 5.74) is 3.12. The van der Waals surface area contributed by atoms with Crippen LogP contribution in [0.25, 0.3) is 22.3 Å². The first-order chi connectivity index (χ1) is 18.3. The number of methoxy groups -OCH3 is 2. The number of ether oxygens (including phenoxy) is 3. The minimum Gasteiger partial charge on any atom is -0.496 e. The molecule has 6 heteroatoms. The highest BCUT2D eigenvalue weighted by molar-refractivity contribution is 5.86. The van der Waals surface area contributed by atoms with Gasteiger partial charge in [-0.2, -0.15) is 0 Å². The van der Waals surface area contributed by atoms with E-state index in [0.717, 1.165) is 48.5 Å². The summed E-state index contributed by atoms with van der Waals surface area (Å²) in [4.78, 5) is 15.3. The molecule has 0 bridgehead atoms. The largest absolute Gasteiger partial charge is 0.496 e. The van der Waals surface area contributed by atoms with Crippen LogP contribution in [-0.2, 0) is 0 Å². The summed E-state index contributed by atoms with van der Waals surface area (Å²) in [6, 6.07) is 8.90. The van der Waals surface area contributed by atoms with Crippen LogP contribution in [0.4, 0.5) is 0 Å². The normalized spacial score (nSPS) is 10.4. The molecule has 0 radical (unpaired) electrons. The lowest BCUT2D eigenvalue weighted by Gasteiger charge is -2.20. The maximum Gasteiger partial charge on any atom is 0.197 e. The third kappa shape index (κ3) is 9.09. The first kappa shape index (κ1) is 33.0. The van der Waals surface area contributed by atoms with Crippen LogP contribution in [0.1, 0.15) is 71.9 Å². The molecule has 6 nitrogen and oxygen atoms in total. The van der Waals surface area contributed by atoms with E-state index >= 15 is 0 Å². The molecule has 1 heterocycles. The van der Waals surface area contributed by atoms with Gasteiger partial charge in [0.2, 0.25) is 0 Å². The molecular formula is C32H49NO5. The summed E-state index contributed by atoms with van der Waals surface area (Å²) in [6.07, 6.45) is 3.40. The number of aryl methyl sites for hydroxylation is 2. The van der Waals surface area contributed by atoms with Gasteiger partial charge in [0, 0.05) is 30.3 Å². The quantitative estimate of drug-likeness (QED) is 0.235. The third-order valence-electron chi connectivity index (χ3n) is 5.82. The molecule has 38 heavy (non-hydrogen) atoms. The van der Waals surface area contributed by atoms with Crippen LogP contribution in [0, 0.1) is 13.8 Å². The van der Waals surface area contributed by atoms with Gasteiger partial charge in [-0.3, -0.25) is 4.79 Å². The lowest BCUT2D eigenvalue weighted by atomic mass is 10.0. The molecule has 0 aliphatic heterocycles. The standard InChI is InChI=1S/C27H35NO5.C3H8.C2H6/c1-7-10-28(8-2)11-9-12-32-27-18(3)13-20(14-19(27)4)23-17-22(29)26-24(31-6)15-21(30-5)16-25(26)33-23;1-3-2;1-2/h13-17H,7-12H2,1-6H3;3H2,1-2H3;1-2H3. The summed E-state index contributed by atoms with van der Waals surface area (Å²) < 4.78 is 22.9. The second-order valence-electron chi connectivity index (χ2n) is 8.96. The minimum absolute atomic E-state index is 0.158. The van der Waals surface area contributed by atoms with E-state index in [1.165, 1.54) is 26.0 Å². The number of benzene rings is 2. The van der Waals surface area contributed by atoms with Crippen LogP contribution in [0.15, 0.2) is 39.5 Å². The van der Waals surface area contributed by atoms with E-state index in [4.69, 9.17) is 18.6 Å². The zero-order chi connectivity index (χ0) is 28.7. The lowest BCUT2D eigenvalue weighted by Crippen LogP contribution is -2.26. The monoisotopic (exact) mass is 527 g/mol. The van der Waals surface area contributed by atoms with Crippen molar-refractivity contribution in [2.45, 2.75) is 74.7 Å². The highest BCUT2D eigenvalue weighted by Gasteiger charge is 2.15. The van der Waals surface area contributed by atoms with Crippen LogP contribution in [0.3, 0.4) is 0 Å². The molecule has 0 N–H and O–H groups in total. The molecule has 212 valence electrons. The van der Waals surface area contributed by atoms with Gasteiger partial charge in [-0.15, -0.1) is 0 Å². The molecule has 0 amide bonds. The molecule has 3 aromatic rings. The zero-order valence-corrected chi connectivity index (χ0v) is 25.3. The van der Waals surface area contributed by atoms with Gasteiger partial charge in [-0.25, -0.2) is 0 Å². The second kappa shape index (κ2) is 17.5. The number of fused-ring (bicyclic) bond motifs is 1. The Kier molecular flexibility index (Phi) is 15.2. The summed E-state index contributed by atoms with van der Waals surface area (Å²) in [7, 11) is 3.09. The number of hydrogen-bond donors (Lipinski definition) is 0. The fourth-order valence-corrected chi connectivity index (χ4v) is 4.18. The maximum absolute atomic E-state index is 12.9. The van der Waals surface area contributed by atoms with Crippen LogP contribution in [-0.4, -0.2) is 45.4 Å². The molecule has 0 saturated heterocycles. The van der Waals surface area contributed by atoms with E-state index in [2.05, 4.69) is 32.6 Å². The fourth-order valence-electron chi connectivity index (χ4n) is 4.18. The average Bonchev–Trinajstić information content (AvgIpc) is 2.92. The van der Waals surface area contributed by atoms with Crippen LogP contribution >= 0.6 is 0 Å². The van der Waals surface area contributed by atoms with Gasteiger partial charge in [-0.05, 0) is 63.0 Å². The molecule has 0 fully saturated rings. The van der Waals surface area contributed by atoms with E-state index in [1.54, 1.807) is 19.2 Å². The van der Waals surface area contributed by atoms with Gasteiger partial charge in [0.15, 0.2) is 5.43 Å². The van der Waals surface area contributed by atoms with Crippen molar-refractivity contribution in [3.05, 3.63) is 51.7 Å². The van der Waals surface area contributed by atoms with Gasteiger partial charge in [0.05, 0.1) is 20.8 Å². The van der Waals surface area contributed by atoms with E-state index in [9.17, 15) is 4.79 Å². The van der Waals surface area contributed by atoms with Crippen molar-refractivity contribution < 1.29 is 18.6 Å². The Morgan fingerprint density at radius 3 is 2.03 bits per heavy atom. The van der Waals surface area contributed by atoms with Gasteiger partial charge in [-0.1, -0.05) is 48.0 Å². The molecular weight excluding hydrogens is 478 g/mol. The second-order valence-corrected chi connectivity index (χ2v) is 8.96. The van der Waals surface area contributed by atoms with Gasteiger partial charge in [0.25, 0.3) is 0 Å². The molecule has 3 rings (SSSR count). The number of rotatable bonds is 11. The van der Waals surface area contributed by atoms with Crippen LogP contribution in [0.5, 0.6) is 17.2 Å². The predicted octanol–water partition coefficient (Wildman–Crippen LogP) is 8.04. The average molecular weight is 528 g/mol. The maximum atomic E-state index is 12.9. The molecule has 0 unspecified atom stereocenters. The van der Waals surface area contributed by atoms with E-state index in [1.807, 2.05) is 39.8 Å². The van der Waals surface area contributed by atoms with Crippen LogP contribution < -0.4 is 19.6 Å². The topological polar surface area (TPSA) is 61.1 Å². The predicted molar refractivity (Wildman–Crippen MR) is 160 cm³/mol. The first-order valence-electron chi connectivity index (χ1n) is 14.0. The summed E-state index contributed by atoms with van der Waals surface area (Å²) in [5.74, 6) is 2.39. The van der Waals surface area contributed by atoms with Gasteiger partial charge >= 0.3 is 0 Å². The molecule has 2 aromatic carbocycles. The van der Waals surface area contributed by atoms with Crippen molar-refractivity contribution in [3.8, 4) is 28.6 Å². The molecule has 1 aromatic heterocycles. The Morgan fingerprint density at radius 2 is 1.50 bits per heavy atom. The smallest absolute Gasteiger partial charge is 0.197 e. The third-order valence-corrected chi connectivity index (χ3v) is 5.82. The number of nitrogens with zero attached hydrogens (tertiary/aromatic N) is 1. The number of hydrogen-bond acceptors (Lipinski definition) is 6. The molecule has 0 spiro atoms. The van der Waals surface area contributed by atoms with E-state index in [-0.39, 0.29) is 5.43 Å². The van der Waals surface area contributed by atoms with Gasteiger partial charge in [0.1, 0.15) is 34.0 Å². The van der Waals surface area contributed by atoms with Crippen molar-refractivity contribution in [2.75, 3.05) is 40.5 Å². The van der Waals surface area contributed by atoms with Crippen molar-refractivity contribution >= 4 is 11.0 Å². The highest BCUT2D eigenvalue weighted by Crippen LogP contribution is 2.34. The Hall–Kier alpha value is -2.99. The van der Waals surface area contributed by atoms with Crippen molar-refractivity contribution in [2.24, 2.45) is 0 Å². The summed E-state index contributed by atoms with van der Waals surface area (Å²) >= 11 is 0. The summed E-state index contributed by atoms with van der Waals surface area (Å²) in [6.45, 7) is 20.6. The molecule has 0 saturated carbocycles. The Balaban J connectivity index is 0.00000135. The zero-order valence-electron chi connectivity index (χ0n) is 25.3.